The van der Waals surface area contributed by atoms with Crippen LogP contribution in [0.15, 0.2) is 11.8 Å². The summed E-state index contributed by atoms with van der Waals surface area (Å²) in [6.45, 7) is 0. The van der Waals surface area contributed by atoms with Gasteiger partial charge < -0.3 is 9.84 Å². The first-order valence-electron chi connectivity index (χ1n) is 4.37. The summed E-state index contributed by atoms with van der Waals surface area (Å²) >= 11 is 0. The Labute approximate surface area is 70.0 Å². The Bertz CT molecular complexity index is 281. The molecule has 0 spiro atoms. The Morgan fingerprint density at radius 1 is 1.33 bits per heavy atom. The Morgan fingerprint density at radius 2 is 2.00 bits per heavy atom. The normalized spacial score (nSPS) is 49.7. The van der Waals surface area contributed by atoms with E-state index in [-0.39, 0.29) is 35.6 Å². The largest absolute Gasteiger partial charge is 0.512 e. The first kappa shape index (κ1) is 6.66. The van der Waals surface area contributed by atoms with Crippen LogP contribution in [-0.4, -0.2) is 23.1 Å². The number of carbonyl (C=O) groups excluding carboxylic acids is 1. The Balaban J connectivity index is 2.03. The van der Waals surface area contributed by atoms with Gasteiger partial charge in [0.15, 0.2) is 5.78 Å². The number of hydrogen-bond acceptors (Lipinski definition) is 3. The number of ether oxygens (including phenoxy) is 1. The lowest BCUT2D eigenvalue weighted by Crippen LogP contribution is -2.28. The second-order valence-corrected chi connectivity index (χ2v) is 3.81. The van der Waals surface area contributed by atoms with Crippen molar-refractivity contribution >= 4 is 5.78 Å². The van der Waals surface area contributed by atoms with Crippen molar-refractivity contribution in [2.45, 2.75) is 25.0 Å². The molecule has 4 atom stereocenters. The molecule has 64 valence electrons. The van der Waals surface area contributed by atoms with Crippen LogP contribution >= 0.6 is 0 Å². The highest BCUT2D eigenvalue weighted by Crippen LogP contribution is 2.49. The summed E-state index contributed by atoms with van der Waals surface area (Å²) in [5.41, 5.74) is 0. The molecule has 2 aliphatic heterocycles. The van der Waals surface area contributed by atoms with Crippen molar-refractivity contribution in [3.63, 3.8) is 0 Å². The second-order valence-electron chi connectivity index (χ2n) is 3.81. The number of fused-ring (bicyclic) bond motifs is 5. The highest BCUT2D eigenvalue weighted by molar-refractivity contribution is 5.96. The zero-order chi connectivity index (χ0) is 8.29. The van der Waals surface area contributed by atoms with E-state index in [9.17, 15) is 9.90 Å². The Morgan fingerprint density at radius 3 is 2.67 bits per heavy atom. The van der Waals surface area contributed by atoms with Gasteiger partial charge in [-0.15, -0.1) is 0 Å². The number of carbonyl (C=O) groups is 1. The van der Waals surface area contributed by atoms with Crippen molar-refractivity contribution in [1.82, 2.24) is 0 Å². The molecule has 3 rings (SSSR count). The van der Waals surface area contributed by atoms with Crippen LogP contribution in [0.2, 0.25) is 0 Å². The zero-order valence-electron chi connectivity index (χ0n) is 6.56. The van der Waals surface area contributed by atoms with Gasteiger partial charge in [-0.25, -0.2) is 0 Å². The summed E-state index contributed by atoms with van der Waals surface area (Å²) in [6.07, 6.45) is 3.56. The Hall–Kier alpha value is -0.830. The SMILES string of the molecule is O=C1C=C(O)[C@@H]2[C@@H]1[C@H]1CC[C@H]2O1. The summed E-state index contributed by atoms with van der Waals surface area (Å²) in [6, 6.07) is 0. The summed E-state index contributed by atoms with van der Waals surface area (Å²) in [7, 11) is 0. The molecule has 2 fully saturated rings. The second kappa shape index (κ2) is 1.91. The predicted molar refractivity (Wildman–Crippen MR) is 40.6 cm³/mol. The van der Waals surface area contributed by atoms with Crippen LogP contribution in [-0.2, 0) is 9.53 Å². The van der Waals surface area contributed by atoms with Crippen molar-refractivity contribution in [2.24, 2.45) is 11.8 Å². The third-order valence-corrected chi connectivity index (χ3v) is 3.23. The predicted octanol–water partition coefficient (Wildman–Crippen LogP) is 0.805. The molecule has 0 saturated carbocycles. The minimum absolute atomic E-state index is 0.00347. The monoisotopic (exact) mass is 166 g/mol. The maximum atomic E-state index is 11.3. The topological polar surface area (TPSA) is 46.5 Å². The Kier molecular flexibility index (Phi) is 1.06. The number of ketones is 1. The average molecular weight is 166 g/mol. The van der Waals surface area contributed by atoms with Crippen molar-refractivity contribution in [1.29, 1.82) is 0 Å². The van der Waals surface area contributed by atoms with Crippen LogP contribution in [0.1, 0.15) is 12.8 Å². The molecule has 0 unspecified atom stereocenters. The minimum Gasteiger partial charge on any atom is -0.512 e. The van der Waals surface area contributed by atoms with Gasteiger partial charge in [0.05, 0.1) is 24.0 Å². The third-order valence-electron chi connectivity index (χ3n) is 3.23. The van der Waals surface area contributed by atoms with E-state index in [2.05, 4.69) is 0 Å². The van der Waals surface area contributed by atoms with E-state index in [4.69, 9.17) is 4.74 Å². The fourth-order valence-corrected chi connectivity index (χ4v) is 2.75. The third kappa shape index (κ3) is 0.591. The van der Waals surface area contributed by atoms with Crippen molar-refractivity contribution in [3.05, 3.63) is 11.8 Å². The molecular formula is C9H10O3. The lowest BCUT2D eigenvalue weighted by atomic mass is 9.80. The first-order chi connectivity index (χ1) is 5.77. The smallest absolute Gasteiger partial charge is 0.165 e. The van der Waals surface area contributed by atoms with E-state index in [0.29, 0.717) is 0 Å². The number of rotatable bonds is 0. The fourth-order valence-electron chi connectivity index (χ4n) is 2.75. The molecule has 0 radical (unpaired) electrons. The van der Waals surface area contributed by atoms with Crippen LogP contribution in [0.5, 0.6) is 0 Å². The van der Waals surface area contributed by atoms with Crippen LogP contribution in [0, 0.1) is 11.8 Å². The number of aliphatic hydroxyl groups excluding tert-OH is 1. The van der Waals surface area contributed by atoms with Gasteiger partial charge in [0.2, 0.25) is 0 Å². The van der Waals surface area contributed by atoms with Crippen LogP contribution in [0.3, 0.4) is 0 Å². The van der Waals surface area contributed by atoms with E-state index >= 15 is 0 Å². The standard InChI is InChI=1S/C9H10O3/c10-4-3-5(11)9-7-2-1-6(12-7)8(4)9/h3,6-10H,1-2H2/t6-,7-,8+,9+/m1/s1. The van der Waals surface area contributed by atoms with Crippen LogP contribution in [0.25, 0.3) is 0 Å². The molecule has 0 aromatic carbocycles. The number of aliphatic hydroxyl groups is 1. The van der Waals surface area contributed by atoms with Gasteiger partial charge in [0, 0.05) is 6.08 Å². The molecule has 2 heterocycles. The zero-order valence-corrected chi connectivity index (χ0v) is 6.56. The summed E-state index contributed by atoms with van der Waals surface area (Å²) in [5, 5.41) is 9.45. The molecule has 3 aliphatic rings. The molecule has 0 amide bonds. The number of allylic oxidation sites excluding steroid dienone is 1. The van der Waals surface area contributed by atoms with Gasteiger partial charge in [-0.1, -0.05) is 0 Å². The highest BCUT2D eigenvalue weighted by atomic mass is 16.5. The molecule has 0 aromatic heterocycles. The molecule has 2 bridgehead atoms. The number of hydrogen-bond donors (Lipinski definition) is 1. The van der Waals surface area contributed by atoms with Crippen molar-refractivity contribution in [3.8, 4) is 0 Å². The van der Waals surface area contributed by atoms with Crippen LogP contribution in [0.4, 0.5) is 0 Å². The van der Waals surface area contributed by atoms with Gasteiger partial charge in [0.25, 0.3) is 0 Å². The van der Waals surface area contributed by atoms with Gasteiger partial charge in [-0.2, -0.15) is 0 Å². The molecular weight excluding hydrogens is 156 g/mol. The molecule has 0 aromatic rings. The van der Waals surface area contributed by atoms with Crippen molar-refractivity contribution < 1.29 is 14.6 Å². The lowest BCUT2D eigenvalue weighted by Gasteiger charge is -2.19. The summed E-state index contributed by atoms with van der Waals surface area (Å²) < 4.78 is 5.56. The quantitative estimate of drug-likeness (QED) is 0.579. The van der Waals surface area contributed by atoms with Crippen molar-refractivity contribution in [2.75, 3.05) is 0 Å². The van der Waals surface area contributed by atoms with E-state index in [1.165, 1.54) is 6.08 Å². The van der Waals surface area contributed by atoms with E-state index in [0.717, 1.165) is 12.8 Å². The van der Waals surface area contributed by atoms with Gasteiger partial charge >= 0.3 is 0 Å². The van der Waals surface area contributed by atoms with Crippen LogP contribution < -0.4 is 0 Å². The van der Waals surface area contributed by atoms with E-state index in [1.54, 1.807) is 0 Å². The van der Waals surface area contributed by atoms with E-state index < -0.39 is 0 Å². The van der Waals surface area contributed by atoms with E-state index in [1.807, 2.05) is 0 Å². The molecule has 12 heavy (non-hydrogen) atoms. The maximum Gasteiger partial charge on any atom is 0.165 e. The van der Waals surface area contributed by atoms with Gasteiger partial charge in [0.1, 0.15) is 5.76 Å². The van der Waals surface area contributed by atoms with Gasteiger partial charge in [-0.3, -0.25) is 4.79 Å². The summed E-state index contributed by atoms with van der Waals surface area (Å²) in [4.78, 5) is 11.3. The highest BCUT2D eigenvalue weighted by Gasteiger charge is 2.56. The molecule has 3 heteroatoms. The minimum atomic E-state index is -0.0521. The molecule has 1 aliphatic carbocycles. The average Bonchev–Trinajstić information content (AvgIpc) is 2.64. The van der Waals surface area contributed by atoms with Gasteiger partial charge in [-0.05, 0) is 12.8 Å². The first-order valence-corrected chi connectivity index (χ1v) is 4.37. The molecule has 1 N–H and O–H groups in total. The maximum absolute atomic E-state index is 11.3. The summed E-state index contributed by atoms with van der Waals surface area (Å²) in [5.74, 6) is 0.252. The molecule has 2 saturated heterocycles. The molecule has 3 nitrogen and oxygen atoms in total. The lowest BCUT2D eigenvalue weighted by molar-refractivity contribution is -0.119. The fraction of sp³-hybridized carbons (Fsp3) is 0.667.